The lowest BCUT2D eigenvalue weighted by molar-refractivity contribution is 0.354. The molecule has 1 aliphatic rings. The summed E-state index contributed by atoms with van der Waals surface area (Å²) in [5.74, 6) is 1.59. The highest BCUT2D eigenvalue weighted by Gasteiger charge is 2.17. The molecular formula is C16H24ClNO2. The molecule has 3 nitrogen and oxygen atoms in total. The minimum atomic E-state index is 0. The van der Waals surface area contributed by atoms with Crippen LogP contribution in [-0.2, 0) is 6.42 Å². The van der Waals surface area contributed by atoms with Crippen LogP contribution in [0.2, 0.25) is 0 Å². The van der Waals surface area contributed by atoms with Crippen LogP contribution in [0.4, 0.5) is 5.69 Å². The van der Waals surface area contributed by atoms with Crippen LogP contribution >= 0.6 is 12.4 Å². The van der Waals surface area contributed by atoms with Gasteiger partial charge in [0.25, 0.3) is 0 Å². The van der Waals surface area contributed by atoms with Crippen LogP contribution in [0.5, 0.6) is 11.5 Å². The Morgan fingerprint density at radius 1 is 1.10 bits per heavy atom. The number of hydrogen-bond acceptors (Lipinski definition) is 3. The van der Waals surface area contributed by atoms with Crippen LogP contribution in [0.15, 0.2) is 24.8 Å². The average molecular weight is 298 g/mol. The largest absolute Gasteiger partial charge is 0.493 e. The second-order valence-electron chi connectivity index (χ2n) is 4.88. The predicted molar refractivity (Wildman–Crippen MR) is 86.8 cm³/mol. The number of ether oxygens (including phenoxy) is 2. The Morgan fingerprint density at radius 2 is 1.70 bits per heavy atom. The van der Waals surface area contributed by atoms with Crippen LogP contribution in [0.25, 0.3) is 0 Å². The number of methoxy groups -OCH3 is 2. The van der Waals surface area contributed by atoms with Crippen LogP contribution < -0.4 is 14.4 Å². The fourth-order valence-electron chi connectivity index (χ4n) is 2.66. The molecule has 1 aromatic carbocycles. The molecule has 0 radical (unpaired) electrons. The van der Waals surface area contributed by atoms with Gasteiger partial charge in [0.05, 0.1) is 14.2 Å². The van der Waals surface area contributed by atoms with Gasteiger partial charge in [0.1, 0.15) is 0 Å². The molecule has 0 unspecified atom stereocenters. The van der Waals surface area contributed by atoms with Crippen molar-refractivity contribution in [1.82, 2.24) is 0 Å². The van der Waals surface area contributed by atoms with E-state index in [9.17, 15) is 0 Å². The highest BCUT2D eigenvalue weighted by Crippen LogP contribution is 2.36. The minimum Gasteiger partial charge on any atom is -0.493 e. The monoisotopic (exact) mass is 297 g/mol. The van der Waals surface area contributed by atoms with Gasteiger partial charge in [0, 0.05) is 24.8 Å². The van der Waals surface area contributed by atoms with Crippen molar-refractivity contribution in [1.29, 1.82) is 0 Å². The van der Waals surface area contributed by atoms with Gasteiger partial charge in [0.15, 0.2) is 11.5 Å². The van der Waals surface area contributed by atoms with Crippen molar-refractivity contribution in [3.8, 4) is 11.5 Å². The SMILES string of the molecule is C=CCc1cc(OC)c(OC)cc1N1CCCCC1.Cl. The summed E-state index contributed by atoms with van der Waals surface area (Å²) in [5, 5.41) is 0. The Morgan fingerprint density at radius 3 is 2.25 bits per heavy atom. The average Bonchev–Trinajstić information content (AvgIpc) is 2.48. The third-order valence-electron chi connectivity index (χ3n) is 3.65. The fraction of sp³-hybridized carbons (Fsp3) is 0.500. The van der Waals surface area contributed by atoms with Crippen molar-refractivity contribution >= 4 is 18.1 Å². The van der Waals surface area contributed by atoms with E-state index in [0.717, 1.165) is 31.0 Å². The lowest BCUT2D eigenvalue weighted by Gasteiger charge is -2.31. The van der Waals surface area contributed by atoms with Crippen LogP contribution in [0, 0.1) is 0 Å². The third-order valence-corrected chi connectivity index (χ3v) is 3.65. The van der Waals surface area contributed by atoms with E-state index < -0.39 is 0 Å². The smallest absolute Gasteiger partial charge is 0.162 e. The Labute approximate surface area is 128 Å². The molecule has 112 valence electrons. The van der Waals surface area contributed by atoms with Gasteiger partial charge in [-0.05, 0) is 37.3 Å². The highest BCUT2D eigenvalue weighted by atomic mass is 35.5. The molecule has 0 bridgehead atoms. The summed E-state index contributed by atoms with van der Waals surface area (Å²) in [5.41, 5.74) is 2.52. The summed E-state index contributed by atoms with van der Waals surface area (Å²) < 4.78 is 10.8. The number of rotatable bonds is 5. The van der Waals surface area contributed by atoms with E-state index in [0.29, 0.717) is 0 Å². The number of anilines is 1. The van der Waals surface area contributed by atoms with Gasteiger partial charge in [-0.15, -0.1) is 19.0 Å². The molecule has 0 saturated carbocycles. The molecule has 0 amide bonds. The summed E-state index contributed by atoms with van der Waals surface area (Å²) in [6.07, 6.45) is 6.66. The lowest BCUT2D eigenvalue weighted by Crippen LogP contribution is -2.30. The molecule has 0 aliphatic carbocycles. The first kappa shape index (κ1) is 16.7. The Bertz CT molecular complexity index is 442. The maximum absolute atomic E-state index is 5.42. The second kappa shape index (κ2) is 8.05. The number of halogens is 1. The van der Waals surface area contributed by atoms with E-state index in [1.807, 2.05) is 6.08 Å². The zero-order valence-electron chi connectivity index (χ0n) is 12.4. The summed E-state index contributed by atoms with van der Waals surface area (Å²) in [7, 11) is 3.36. The van der Waals surface area contributed by atoms with E-state index in [1.54, 1.807) is 14.2 Å². The first-order valence-corrected chi connectivity index (χ1v) is 6.91. The maximum Gasteiger partial charge on any atom is 0.162 e. The molecule has 1 aliphatic heterocycles. The van der Waals surface area contributed by atoms with Crippen molar-refractivity contribution in [3.63, 3.8) is 0 Å². The maximum atomic E-state index is 5.42. The summed E-state index contributed by atoms with van der Waals surface area (Å²) in [6.45, 7) is 6.10. The molecule has 0 N–H and O–H groups in total. The second-order valence-corrected chi connectivity index (χ2v) is 4.88. The summed E-state index contributed by atoms with van der Waals surface area (Å²) in [6, 6.07) is 4.17. The van der Waals surface area contributed by atoms with Crippen LogP contribution in [0.3, 0.4) is 0 Å². The molecule has 4 heteroatoms. The van der Waals surface area contributed by atoms with E-state index in [2.05, 4.69) is 23.6 Å². The molecule has 0 spiro atoms. The Balaban J connectivity index is 0.00000200. The van der Waals surface area contributed by atoms with Crippen molar-refractivity contribution in [2.45, 2.75) is 25.7 Å². The van der Waals surface area contributed by atoms with Crippen molar-refractivity contribution < 1.29 is 9.47 Å². The van der Waals surface area contributed by atoms with E-state index in [4.69, 9.17) is 9.47 Å². The molecule has 1 fully saturated rings. The van der Waals surface area contributed by atoms with Gasteiger partial charge in [-0.3, -0.25) is 0 Å². The van der Waals surface area contributed by atoms with Crippen molar-refractivity contribution in [3.05, 3.63) is 30.4 Å². The van der Waals surface area contributed by atoms with Gasteiger partial charge in [-0.25, -0.2) is 0 Å². The van der Waals surface area contributed by atoms with E-state index in [-0.39, 0.29) is 12.4 Å². The number of hydrogen-bond donors (Lipinski definition) is 0. The normalized spacial score (nSPS) is 14.4. The Hall–Kier alpha value is -1.35. The number of piperidine rings is 1. The minimum absolute atomic E-state index is 0. The fourth-order valence-corrected chi connectivity index (χ4v) is 2.66. The molecule has 20 heavy (non-hydrogen) atoms. The summed E-state index contributed by atoms with van der Waals surface area (Å²) in [4.78, 5) is 2.45. The zero-order valence-corrected chi connectivity index (χ0v) is 13.2. The van der Waals surface area contributed by atoms with Crippen LogP contribution in [0.1, 0.15) is 24.8 Å². The highest BCUT2D eigenvalue weighted by molar-refractivity contribution is 5.85. The lowest BCUT2D eigenvalue weighted by atomic mass is 10.0. The quantitative estimate of drug-likeness (QED) is 0.771. The summed E-state index contributed by atoms with van der Waals surface area (Å²) >= 11 is 0. The van der Waals surface area contributed by atoms with E-state index in [1.165, 1.54) is 30.5 Å². The van der Waals surface area contributed by atoms with Crippen LogP contribution in [-0.4, -0.2) is 27.3 Å². The number of nitrogens with zero attached hydrogens (tertiary/aromatic N) is 1. The predicted octanol–water partition coefficient (Wildman–Crippen LogP) is 3.84. The molecule has 0 aromatic heterocycles. The zero-order chi connectivity index (χ0) is 13.7. The van der Waals surface area contributed by atoms with Gasteiger partial charge in [-0.1, -0.05) is 6.08 Å². The van der Waals surface area contributed by atoms with Gasteiger partial charge >= 0.3 is 0 Å². The Kier molecular flexibility index (Phi) is 6.73. The van der Waals surface area contributed by atoms with Crippen molar-refractivity contribution in [2.24, 2.45) is 0 Å². The van der Waals surface area contributed by atoms with Gasteiger partial charge < -0.3 is 14.4 Å². The van der Waals surface area contributed by atoms with Gasteiger partial charge in [0.2, 0.25) is 0 Å². The topological polar surface area (TPSA) is 21.7 Å². The standard InChI is InChI=1S/C16H23NO2.ClH/c1-4-8-13-11-15(18-2)16(19-3)12-14(13)17-9-6-5-7-10-17;/h4,11-12H,1,5-10H2,2-3H3;1H. The molecule has 1 saturated heterocycles. The van der Waals surface area contributed by atoms with Gasteiger partial charge in [-0.2, -0.15) is 0 Å². The molecule has 1 heterocycles. The van der Waals surface area contributed by atoms with Crippen molar-refractivity contribution in [2.75, 3.05) is 32.2 Å². The molecule has 2 rings (SSSR count). The number of benzene rings is 1. The molecule has 0 atom stereocenters. The first-order valence-electron chi connectivity index (χ1n) is 6.91. The first-order chi connectivity index (χ1) is 9.30. The van der Waals surface area contributed by atoms with E-state index >= 15 is 0 Å². The molecule has 1 aromatic rings. The number of allylic oxidation sites excluding steroid dienone is 1. The third kappa shape index (κ3) is 3.60. The molecular weight excluding hydrogens is 274 g/mol.